The Morgan fingerprint density at radius 3 is 1.62 bits per heavy atom. The van der Waals surface area contributed by atoms with Gasteiger partial charge in [-0.3, -0.25) is 0 Å². The van der Waals surface area contributed by atoms with E-state index >= 15 is 0 Å². The van der Waals surface area contributed by atoms with Gasteiger partial charge >= 0.3 is 0 Å². The lowest BCUT2D eigenvalue weighted by atomic mass is 9.81. The predicted molar refractivity (Wildman–Crippen MR) is 98.8 cm³/mol. The Morgan fingerprint density at radius 2 is 1.14 bits per heavy atom. The second kappa shape index (κ2) is 13.6. The van der Waals surface area contributed by atoms with Crippen LogP contribution in [0.1, 0.15) is 112 Å². The molecule has 21 heavy (non-hydrogen) atoms. The molecule has 4 unspecified atom stereocenters. The van der Waals surface area contributed by atoms with Crippen molar-refractivity contribution in [3.05, 3.63) is 0 Å². The fourth-order valence-electron chi connectivity index (χ4n) is 3.88. The first-order chi connectivity index (χ1) is 10.1. The molecule has 0 heteroatoms. The van der Waals surface area contributed by atoms with Crippen molar-refractivity contribution < 1.29 is 0 Å². The van der Waals surface area contributed by atoms with Gasteiger partial charge < -0.3 is 0 Å². The van der Waals surface area contributed by atoms with Gasteiger partial charge in [0, 0.05) is 0 Å². The summed E-state index contributed by atoms with van der Waals surface area (Å²) < 4.78 is 0. The average molecular weight is 297 g/mol. The third-order valence-electron chi connectivity index (χ3n) is 5.85. The fraction of sp³-hybridized carbons (Fsp3) is 1.00. The maximum absolute atomic E-state index is 2.50. The highest BCUT2D eigenvalue weighted by Crippen LogP contribution is 2.29. The van der Waals surface area contributed by atoms with Crippen LogP contribution in [0.3, 0.4) is 0 Å². The molecule has 0 aromatic carbocycles. The summed E-state index contributed by atoms with van der Waals surface area (Å²) in [6.45, 7) is 14.4. The Hall–Kier alpha value is 0. The number of unbranched alkanes of at least 4 members (excludes halogenated alkanes) is 2. The third-order valence-corrected chi connectivity index (χ3v) is 5.85. The van der Waals surface area contributed by atoms with E-state index in [9.17, 15) is 0 Å². The molecule has 0 amide bonds. The molecular weight excluding hydrogens is 252 g/mol. The van der Waals surface area contributed by atoms with E-state index < -0.39 is 0 Å². The predicted octanol–water partition coefficient (Wildman–Crippen LogP) is 7.86. The van der Waals surface area contributed by atoms with Crippen LogP contribution in [0.25, 0.3) is 0 Å². The summed E-state index contributed by atoms with van der Waals surface area (Å²) in [5.74, 6) is 3.83. The van der Waals surface area contributed by atoms with E-state index in [2.05, 4.69) is 41.5 Å². The van der Waals surface area contributed by atoms with E-state index in [1.54, 1.807) is 0 Å². The van der Waals surface area contributed by atoms with Gasteiger partial charge in [-0.2, -0.15) is 0 Å². The van der Waals surface area contributed by atoms with E-state index in [4.69, 9.17) is 0 Å². The first-order valence-electron chi connectivity index (χ1n) is 10.1. The summed E-state index contributed by atoms with van der Waals surface area (Å²) in [6, 6.07) is 0. The minimum Gasteiger partial charge on any atom is -0.0654 e. The smallest absolute Gasteiger partial charge is 0.0389 e. The molecule has 0 aliphatic carbocycles. The Labute approximate surface area is 136 Å². The lowest BCUT2D eigenvalue weighted by molar-refractivity contribution is 0.268. The van der Waals surface area contributed by atoms with Gasteiger partial charge in [0.15, 0.2) is 0 Å². The molecule has 0 fully saturated rings. The van der Waals surface area contributed by atoms with Crippen LogP contribution in [0.4, 0.5) is 0 Å². The van der Waals surface area contributed by atoms with Crippen LogP contribution >= 0.6 is 0 Å². The lowest BCUT2D eigenvalue weighted by Gasteiger charge is -2.25. The minimum absolute atomic E-state index is 0.921. The molecule has 0 nitrogen and oxygen atoms in total. The summed E-state index contributed by atoms with van der Waals surface area (Å²) in [6.07, 6.45) is 15.7. The minimum atomic E-state index is 0.921. The van der Waals surface area contributed by atoms with E-state index in [1.807, 2.05) is 0 Å². The van der Waals surface area contributed by atoms with Crippen molar-refractivity contribution in [1.29, 1.82) is 0 Å². The van der Waals surface area contributed by atoms with Crippen molar-refractivity contribution in [2.75, 3.05) is 0 Å². The normalized spacial score (nSPS) is 17.4. The van der Waals surface area contributed by atoms with Gasteiger partial charge in [-0.1, -0.05) is 112 Å². The average Bonchev–Trinajstić information content (AvgIpc) is 2.50. The summed E-state index contributed by atoms with van der Waals surface area (Å²) >= 11 is 0. The van der Waals surface area contributed by atoms with Gasteiger partial charge in [0.2, 0.25) is 0 Å². The molecule has 0 saturated heterocycles. The molecule has 0 saturated carbocycles. The first kappa shape index (κ1) is 21.0. The topological polar surface area (TPSA) is 0 Å². The Kier molecular flexibility index (Phi) is 13.6. The van der Waals surface area contributed by atoms with Crippen LogP contribution in [0.2, 0.25) is 0 Å². The van der Waals surface area contributed by atoms with Gasteiger partial charge in [0.1, 0.15) is 0 Å². The largest absolute Gasteiger partial charge is 0.0654 e. The highest BCUT2D eigenvalue weighted by molar-refractivity contribution is 4.69. The molecule has 0 aromatic heterocycles. The maximum atomic E-state index is 2.50. The van der Waals surface area contributed by atoms with Crippen LogP contribution in [0.5, 0.6) is 0 Å². The van der Waals surface area contributed by atoms with Crippen LogP contribution in [-0.4, -0.2) is 0 Å². The van der Waals surface area contributed by atoms with Gasteiger partial charge in [-0.05, 0) is 23.7 Å². The van der Waals surface area contributed by atoms with Crippen LogP contribution in [-0.2, 0) is 0 Å². The lowest BCUT2D eigenvalue weighted by Crippen LogP contribution is -2.13. The number of hydrogen-bond donors (Lipinski definition) is 0. The van der Waals surface area contributed by atoms with Gasteiger partial charge in [0.25, 0.3) is 0 Å². The highest BCUT2D eigenvalue weighted by atomic mass is 14.2. The van der Waals surface area contributed by atoms with Crippen LogP contribution < -0.4 is 0 Å². The molecule has 128 valence electrons. The zero-order valence-corrected chi connectivity index (χ0v) is 16.1. The maximum Gasteiger partial charge on any atom is -0.0389 e. The van der Waals surface area contributed by atoms with Gasteiger partial charge in [-0.25, -0.2) is 0 Å². The monoisotopic (exact) mass is 296 g/mol. The number of rotatable bonds is 14. The molecule has 0 bridgehead atoms. The van der Waals surface area contributed by atoms with Crippen molar-refractivity contribution in [3.8, 4) is 0 Å². The standard InChI is InChI=1S/C21H44/c1-7-11-15-19(6)21(14-8-2)17-13-12-16-20(10-4)18(5)9-3/h18-21H,7-17H2,1-6H3. The SMILES string of the molecule is CCCCC(C)C(CCC)CCCCC(CC)C(C)CC. The summed E-state index contributed by atoms with van der Waals surface area (Å²) in [5.41, 5.74) is 0. The van der Waals surface area contributed by atoms with Crippen molar-refractivity contribution >= 4 is 0 Å². The molecule has 0 rings (SSSR count). The van der Waals surface area contributed by atoms with Crippen LogP contribution in [0.15, 0.2) is 0 Å². The summed E-state index contributed by atoms with van der Waals surface area (Å²) in [5, 5.41) is 0. The van der Waals surface area contributed by atoms with E-state index in [0.717, 1.165) is 23.7 Å². The molecule has 0 heterocycles. The molecule has 0 aromatic rings. The van der Waals surface area contributed by atoms with E-state index in [1.165, 1.54) is 70.6 Å². The molecule has 4 atom stereocenters. The Balaban J connectivity index is 4.01. The van der Waals surface area contributed by atoms with E-state index in [0.29, 0.717) is 0 Å². The molecule has 0 radical (unpaired) electrons. The zero-order valence-electron chi connectivity index (χ0n) is 16.1. The second-order valence-electron chi connectivity index (χ2n) is 7.51. The number of hydrogen-bond acceptors (Lipinski definition) is 0. The summed E-state index contributed by atoms with van der Waals surface area (Å²) in [7, 11) is 0. The van der Waals surface area contributed by atoms with Crippen LogP contribution in [0, 0.1) is 23.7 Å². The van der Waals surface area contributed by atoms with Gasteiger partial charge in [-0.15, -0.1) is 0 Å². The first-order valence-corrected chi connectivity index (χ1v) is 10.1. The fourth-order valence-corrected chi connectivity index (χ4v) is 3.88. The Morgan fingerprint density at radius 1 is 0.524 bits per heavy atom. The van der Waals surface area contributed by atoms with Crippen molar-refractivity contribution in [3.63, 3.8) is 0 Å². The summed E-state index contributed by atoms with van der Waals surface area (Å²) in [4.78, 5) is 0. The molecular formula is C21H44. The van der Waals surface area contributed by atoms with Gasteiger partial charge in [0.05, 0.1) is 0 Å². The highest BCUT2D eigenvalue weighted by Gasteiger charge is 2.17. The molecule has 0 N–H and O–H groups in total. The Bertz CT molecular complexity index is 208. The third kappa shape index (κ3) is 9.59. The zero-order chi connectivity index (χ0) is 16.1. The van der Waals surface area contributed by atoms with E-state index in [-0.39, 0.29) is 0 Å². The quantitative estimate of drug-likeness (QED) is 0.286. The molecule has 0 spiro atoms. The van der Waals surface area contributed by atoms with Crippen molar-refractivity contribution in [1.82, 2.24) is 0 Å². The second-order valence-corrected chi connectivity index (χ2v) is 7.51. The van der Waals surface area contributed by atoms with Crippen molar-refractivity contribution in [2.24, 2.45) is 23.7 Å². The van der Waals surface area contributed by atoms with Crippen molar-refractivity contribution in [2.45, 2.75) is 112 Å². The molecule has 0 aliphatic heterocycles. The molecule has 0 aliphatic rings.